The minimum atomic E-state index is -4.05. The lowest BCUT2D eigenvalue weighted by molar-refractivity contribution is 0.378. The van der Waals surface area contributed by atoms with Gasteiger partial charge in [-0.05, 0) is 42.5 Å². The standard InChI is InChI=1S/C19H13ClFN3O4S/c1-27-18-9-13(20)2-5-17(18)28-16-6-4-15(8-12(16)10-22)29(25,26)24-19-7-3-14(21)11-23-19/h2-9,11H,1H3,(H,23,24). The molecule has 0 atom stereocenters. The molecule has 1 N–H and O–H groups in total. The molecule has 0 saturated carbocycles. The van der Waals surface area contributed by atoms with Crippen LogP contribution in [-0.2, 0) is 10.0 Å². The van der Waals surface area contributed by atoms with Crippen LogP contribution in [-0.4, -0.2) is 20.5 Å². The summed E-state index contributed by atoms with van der Waals surface area (Å²) in [6.45, 7) is 0. The van der Waals surface area contributed by atoms with Crippen LogP contribution in [0.15, 0.2) is 59.6 Å². The summed E-state index contributed by atoms with van der Waals surface area (Å²) in [7, 11) is -2.61. The molecule has 10 heteroatoms. The molecule has 0 spiro atoms. The molecule has 3 aromatic rings. The van der Waals surface area contributed by atoms with Crippen LogP contribution in [0.4, 0.5) is 10.2 Å². The fraction of sp³-hybridized carbons (Fsp3) is 0.0526. The molecular weight excluding hydrogens is 421 g/mol. The van der Waals surface area contributed by atoms with Crippen molar-refractivity contribution in [1.29, 1.82) is 5.26 Å². The Morgan fingerprint density at radius 2 is 1.86 bits per heavy atom. The highest BCUT2D eigenvalue weighted by Gasteiger charge is 2.18. The lowest BCUT2D eigenvalue weighted by Crippen LogP contribution is -2.14. The zero-order valence-corrected chi connectivity index (χ0v) is 16.5. The molecule has 29 heavy (non-hydrogen) atoms. The van der Waals surface area contributed by atoms with Gasteiger partial charge in [-0.1, -0.05) is 11.6 Å². The van der Waals surface area contributed by atoms with Crippen LogP contribution < -0.4 is 14.2 Å². The third kappa shape index (κ3) is 4.74. The van der Waals surface area contributed by atoms with Crippen molar-refractivity contribution in [3.05, 3.63) is 71.1 Å². The van der Waals surface area contributed by atoms with Crippen LogP contribution in [0.3, 0.4) is 0 Å². The average Bonchev–Trinajstić information content (AvgIpc) is 2.71. The van der Waals surface area contributed by atoms with Gasteiger partial charge in [0.05, 0.1) is 23.8 Å². The van der Waals surface area contributed by atoms with Crippen LogP contribution in [0.5, 0.6) is 17.2 Å². The van der Waals surface area contributed by atoms with Crippen molar-refractivity contribution in [3.63, 3.8) is 0 Å². The first-order valence-corrected chi connectivity index (χ1v) is 9.88. The number of aromatic nitrogens is 1. The van der Waals surface area contributed by atoms with E-state index in [0.29, 0.717) is 16.5 Å². The van der Waals surface area contributed by atoms with Crippen molar-refractivity contribution in [1.82, 2.24) is 4.98 Å². The maximum atomic E-state index is 12.9. The maximum absolute atomic E-state index is 12.9. The van der Waals surface area contributed by atoms with E-state index in [9.17, 15) is 18.1 Å². The van der Waals surface area contributed by atoms with Crippen molar-refractivity contribution in [2.45, 2.75) is 4.90 Å². The van der Waals surface area contributed by atoms with Crippen molar-refractivity contribution in [3.8, 4) is 23.3 Å². The van der Waals surface area contributed by atoms with E-state index in [-0.39, 0.29) is 22.0 Å². The Kier molecular flexibility index (Phi) is 5.87. The molecule has 0 bridgehead atoms. The Balaban J connectivity index is 1.91. The molecule has 0 unspecified atom stereocenters. The number of nitrogens with zero attached hydrogens (tertiary/aromatic N) is 2. The second-order valence-electron chi connectivity index (χ2n) is 5.63. The quantitative estimate of drug-likeness (QED) is 0.620. The Hall–Kier alpha value is -3.35. The number of nitrogens with one attached hydrogen (secondary N) is 1. The first-order chi connectivity index (χ1) is 13.8. The van der Waals surface area contributed by atoms with E-state index in [2.05, 4.69) is 9.71 Å². The molecule has 0 fully saturated rings. The minimum absolute atomic E-state index is 0.0167. The van der Waals surface area contributed by atoms with Gasteiger partial charge in [0, 0.05) is 11.1 Å². The highest BCUT2D eigenvalue weighted by atomic mass is 35.5. The van der Waals surface area contributed by atoms with Crippen LogP contribution in [0, 0.1) is 17.1 Å². The molecule has 2 aromatic carbocycles. The zero-order valence-electron chi connectivity index (χ0n) is 14.9. The largest absolute Gasteiger partial charge is 0.493 e. The van der Waals surface area contributed by atoms with Gasteiger partial charge in [0.1, 0.15) is 23.5 Å². The third-order valence-corrected chi connectivity index (χ3v) is 5.28. The van der Waals surface area contributed by atoms with Crippen molar-refractivity contribution in [2.75, 3.05) is 11.8 Å². The smallest absolute Gasteiger partial charge is 0.263 e. The summed E-state index contributed by atoms with van der Waals surface area (Å²) in [4.78, 5) is 3.47. The number of sulfonamides is 1. The van der Waals surface area contributed by atoms with Gasteiger partial charge in [0.25, 0.3) is 10.0 Å². The second kappa shape index (κ2) is 8.34. The maximum Gasteiger partial charge on any atom is 0.263 e. The van der Waals surface area contributed by atoms with E-state index in [1.165, 1.54) is 25.3 Å². The molecule has 1 aromatic heterocycles. The highest BCUT2D eigenvalue weighted by Crippen LogP contribution is 2.35. The molecule has 148 valence electrons. The van der Waals surface area contributed by atoms with Gasteiger partial charge < -0.3 is 9.47 Å². The normalized spacial score (nSPS) is 10.8. The van der Waals surface area contributed by atoms with E-state index in [1.54, 1.807) is 18.2 Å². The number of ether oxygens (including phenoxy) is 2. The van der Waals surface area contributed by atoms with E-state index >= 15 is 0 Å². The molecule has 0 aliphatic carbocycles. The van der Waals surface area contributed by atoms with Crippen molar-refractivity contribution < 1.29 is 22.3 Å². The van der Waals surface area contributed by atoms with E-state index in [1.807, 2.05) is 6.07 Å². The van der Waals surface area contributed by atoms with Gasteiger partial charge in [0.2, 0.25) is 0 Å². The van der Waals surface area contributed by atoms with Gasteiger partial charge in [-0.3, -0.25) is 4.72 Å². The molecule has 3 rings (SSSR count). The number of anilines is 1. The number of rotatable bonds is 6. The lowest BCUT2D eigenvalue weighted by Gasteiger charge is -2.13. The molecule has 0 aliphatic heterocycles. The Labute approximate surface area is 171 Å². The van der Waals surface area contributed by atoms with Gasteiger partial charge >= 0.3 is 0 Å². The fourth-order valence-electron chi connectivity index (χ4n) is 2.33. The van der Waals surface area contributed by atoms with Crippen LogP contribution in [0.1, 0.15) is 5.56 Å². The summed E-state index contributed by atoms with van der Waals surface area (Å²) in [5.41, 5.74) is -0.0167. The number of hydrogen-bond acceptors (Lipinski definition) is 6. The Morgan fingerprint density at radius 3 is 2.52 bits per heavy atom. The van der Waals surface area contributed by atoms with Crippen molar-refractivity contribution in [2.24, 2.45) is 0 Å². The summed E-state index contributed by atoms with van der Waals surface area (Å²) in [6.07, 6.45) is 0.884. The van der Waals surface area contributed by atoms with Gasteiger partial charge in [-0.25, -0.2) is 17.8 Å². The highest BCUT2D eigenvalue weighted by molar-refractivity contribution is 7.92. The first kappa shape index (κ1) is 20.4. The Morgan fingerprint density at radius 1 is 1.10 bits per heavy atom. The lowest BCUT2D eigenvalue weighted by atomic mass is 10.2. The topological polar surface area (TPSA) is 101 Å². The molecular formula is C19H13ClFN3O4S. The molecule has 0 saturated heterocycles. The van der Waals surface area contributed by atoms with Crippen LogP contribution >= 0.6 is 11.6 Å². The van der Waals surface area contributed by atoms with Gasteiger partial charge in [-0.15, -0.1) is 0 Å². The first-order valence-electron chi connectivity index (χ1n) is 8.02. The number of halogens is 2. The number of pyridine rings is 1. The zero-order chi connectivity index (χ0) is 21.0. The molecule has 7 nitrogen and oxygen atoms in total. The fourth-order valence-corrected chi connectivity index (χ4v) is 3.53. The summed E-state index contributed by atoms with van der Waals surface area (Å²) in [5.74, 6) is 0.127. The third-order valence-electron chi connectivity index (χ3n) is 3.69. The van der Waals surface area contributed by atoms with Gasteiger partial charge in [-0.2, -0.15) is 5.26 Å². The number of nitriles is 1. The van der Waals surface area contributed by atoms with Gasteiger partial charge in [0.15, 0.2) is 11.5 Å². The summed E-state index contributed by atoms with van der Waals surface area (Å²) in [5, 5.41) is 9.87. The SMILES string of the molecule is COc1cc(Cl)ccc1Oc1ccc(S(=O)(=O)Nc2ccc(F)cn2)cc1C#N. The molecule has 0 amide bonds. The number of hydrogen-bond donors (Lipinski definition) is 1. The van der Waals surface area contributed by atoms with E-state index in [4.69, 9.17) is 21.1 Å². The summed E-state index contributed by atoms with van der Waals surface area (Å²) >= 11 is 5.92. The summed E-state index contributed by atoms with van der Waals surface area (Å²) < 4.78 is 51.1. The average molecular weight is 434 g/mol. The van der Waals surface area contributed by atoms with Crippen LogP contribution in [0.2, 0.25) is 5.02 Å². The van der Waals surface area contributed by atoms with E-state index in [0.717, 1.165) is 18.3 Å². The second-order valence-corrected chi connectivity index (χ2v) is 7.75. The molecule has 1 heterocycles. The van der Waals surface area contributed by atoms with E-state index < -0.39 is 15.8 Å². The Bertz CT molecular complexity index is 1200. The minimum Gasteiger partial charge on any atom is -0.493 e. The molecule has 0 radical (unpaired) electrons. The predicted molar refractivity (Wildman–Crippen MR) is 104 cm³/mol. The van der Waals surface area contributed by atoms with Crippen molar-refractivity contribution >= 4 is 27.4 Å². The summed E-state index contributed by atoms with van der Waals surface area (Å²) in [6, 6.07) is 12.6. The van der Waals surface area contributed by atoms with Crippen LogP contribution in [0.25, 0.3) is 0 Å². The number of methoxy groups -OCH3 is 1. The predicted octanol–water partition coefficient (Wildman–Crippen LogP) is 4.35. The monoisotopic (exact) mass is 433 g/mol. The molecule has 0 aliphatic rings. The number of benzene rings is 2.